The molecule has 20 heavy (non-hydrogen) atoms. The third kappa shape index (κ3) is 4.30. The number of piperidine rings is 1. The Kier molecular flexibility index (Phi) is 6.02. The molecule has 3 heteroatoms. The van der Waals surface area contributed by atoms with E-state index in [1.54, 1.807) is 7.11 Å². The number of rotatable bonds is 6. The fourth-order valence-electron chi connectivity index (χ4n) is 3.01. The van der Waals surface area contributed by atoms with Crippen LogP contribution in [0.1, 0.15) is 37.0 Å². The Morgan fingerprint density at radius 2 is 2.10 bits per heavy atom. The van der Waals surface area contributed by atoms with E-state index in [0.29, 0.717) is 5.92 Å². The van der Waals surface area contributed by atoms with Gasteiger partial charge >= 0.3 is 0 Å². The van der Waals surface area contributed by atoms with Crippen molar-refractivity contribution in [3.63, 3.8) is 0 Å². The van der Waals surface area contributed by atoms with Gasteiger partial charge in [-0.15, -0.1) is 0 Å². The first kappa shape index (κ1) is 15.5. The van der Waals surface area contributed by atoms with Crippen LogP contribution in [-0.2, 0) is 11.2 Å². The van der Waals surface area contributed by atoms with Crippen molar-refractivity contribution >= 4 is 0 Å². The Bertz CT molecular complexity index is 388. The number of hydrogen-bond donors (Lipinski definition) is 1. The van der Waals surface area contributed by atoms with Gasteiger partial charge in [-0.05, 0) is 42.9 Å². The molecule has 1 N–H and O–H groups in total. The van der Waals surface area contributed by atoms with Gasteiger partial charge in [-0.3, -0.25) is 0 Å². The number of aliphatic hydroxyl groups is 1. The van der Waals surface area contributed by atoms with Gasteiger partial charge in [0, 0.05) is 20.2 Å². The summed E-state index contributed by atoms with van der Waals surface area (Å²) >= 11 is 0. The van der Waals surface area contributed by atoms with Gasteiger partial charge in [0.05, 0.1) is 12.7 Å². The summed E-state index contributed by atoms with van der Waals surface area (Å²) in [6.45, 7) is 5.83. The zero-order valence-electron chi connectivity index (χ0n) is 12.7. The van der Waals surface area contributed by atoms with E-state index in [1.807, 2.05) is 0 Å². The predicted molar refractivity (Wildman–Crippen MR) is 81.8 cm³/mol. The standard InChI is InChI=1S/C17H27NO2/c1-3-14-6-8-16(9-7-14)17(19)12-18-10-4-5-15(11-18)13-20-2/h6-9,15,17,19H,3-5,10-13H2,1-2H3. The molecule has 0 aromatic heterocycles. The predicted octanol–water partition coefficient (Wildman–Crippen LogP) is 2.64. The first-order chi connectivity index (χ1) is 9.72. The fourth-order valence-corrected chi connectivity index (χ4v) is 3.01. The smallest absolute Gasteiger partial charge is 0.0916 e. The topological polar surface area (TPSA) is 32.7 Å². The molecule has 2 unspecified atom stereocenters. The van der Waals surface area contributed by atoms with Crippen LogP contribution in [0.2, 0.25) is 0 Å². The monoisotopic (exact) mass is 277 g/mol. The lowest BCUT2D eigenvalue weighted by molar-refractivity contribution is 0.0563. The van der Waals surface area contributed by atoms with Crippen LogP contribution in [0.25, 0.3) is 0 Å². The van der Waals surface area contributed by atoms with Crippen molar-refractivity contribution in [2.24, 2.45) is 5.92 Å². The highest BCUT2D eigenvalue weighted by molar-refractivity contribution is 5.24. The van der Waals surface area contributed by atoms with Crippen LogP contribution in [0.5, 0.6) is 0 Å². The van der Waals surface area contributed by atoms with Crippen molar-refractivity contribution in [2.45, 2.75) is 32.3 Å². The van der Waals surface area contributed by atoms with Crippen LogP contribution in [0.15, 0.2) is 24.3 Å². The molecular weight excluding hydrogens is 250 g/mol. The van der Waals surface area contributed by atoms with Gasteiger partial charge in [-0.2, -0.15) is 0 Å². The minimum Gasteiger partial charge on any atom is -0.387 e. The molecule has 0 radical (unpaired) electrons. The highest BCUT2D eigenvalue weighted by Gasteiger charge is 2.22. The molecule has 1 aromatic carbocycles. The minimum absolute atomic E-state index is 0.387. The molecule has 1 aromatic rings. The van der Waals surface area contributed by atoms with Gasteiger partial charge in [-0.1, -0.05) is 31.2 Å². The summed E-state index contributed by atoms with van der Waals surface area (Å²) in [7, 11) is 1.77. The highest BCUT2D eigenvalue weighted by Crippen LogP contribution is 2.21. The van der Waals surface area contributed by atoms with Gasteiger partial charge in [0.2, 0.25) is 0 Å². The maximum atomic E-state index is 10.4. The Labute approximate surface area is 122 Å². The summed E-state index contributed by atoms with van der Waals surface area (Å²) in [4.78, 5) is 2.37. The normalized spacial score (nSPS) is 21.9. The van der Waals surface area contributed by atoms with Crippen molar-refractivity contribution < 1.29 is 9.84 Å². The van der Waals surface area contributed by atoms with Crippen molar-refractivity contribution in [2.75, 3.05) is 33.4 Å². The van der Waals surface area contributed by atoms with Crippen molar-refractivity contribution in [1.29, 1.82) is 0 Å². The van der Waals surface area contributed by atoms with Crippen LogP contribution < -0.4 is 0 Å². The number of aryl methyl sites for hydroxylation is 1. The number of benzene rings is 1. The highest BCUT2D eigenvalue weighted by atomic mass is 16.5. The molecule has 0 aliphatic carbocycles. The molecule has 1 fully saturated rings. The number of β-amino-alcohol motifs (C(OH)–C–C–N with tert-alkyl or cyclic N) is 1. The Morgan fingerprint density at radius 1 is 1.35 bits per heavy atom. The van der Waals surface area contributed by atoms with Gasteiger partial charge in [-0.25, -0.2) is 0 Å². The van der Waals surface area contributed by atoms with Crippen molar-refractivity contribution in [1.82, 2.24) is 4.90 Å². The average molecular weight is 277 g/mol. The number of nitrogens with zero attached hydrogens (tertiary/aromatic N) is 1. The summed E-state index contributed by atoms with van der Waals surface area (Å²) in [5, 5.41) is 10.4. The fraction of sp³-hybridized carbons (Fsp3) is 0.647. The molecule has 1 saturated heterocycles. The quantitative estimate of drug-likeness (QED) is 0.867. The molecule has 2 atom stereocenters. The average Bonchev–Trinajstić information content (AvgIpc) is 2.48. The second-order valence-corrected chi connectivity index (χ2v) is 5.83. The third-order valence-corrected chi connectivity index (χ3v) is 4.21. The second kappa shape index (κ2) is 7.77. The van der Waals surface area contributed by atoms with E-state index in [9.17, 15) is 5.11 Å². The number of hydrogen-bond acceptors (Lipinski definition) is 3. The number of methoxy groups -OCH3 is 1. The second-order valence-electron chi connectivity index (χ2n) is 5.83. The van der Waals surface area contributed by atoms with Gasteiger partial charge < -0.3 is 14.7 Å². The molecule has 1 heterocycles. The Morgan fingerprint density at radius 3 is 2.75 bits per heavy atom. The number of aliphatic hydroxyl groups excluding tert-OH is 1. The Hall–Kier alpha value is -0.900. The molecule has 0 saturated carbocycles. The van der Waals surface area contributed by atoms with Crippen LogP contribution in [0, 0.1) is 5.92 Å². The van der Waals surface area contributed by atoms with Crippen LogP contribution >= 0.6 is 0 Å². The van der Waals surface area contributed by atoms with Gasteiger partial charge in [0.25, 0.3) is 0 Å². The van der Waals surface area contributed by atoms with E-state index < -0.39 is 0 Å². The number of ether oxygens (including phenoxy) is 1. The lowest BCUT2D eigenvalue weighted by Gasteiger charge is -2.33. The third-order valence-electron chi connectivity index (χ3n) is 4.21. The molecule has 0 spiro atoms. The lowest BCUT2D eigenvalue weighted by atomic mass is 9.98. The van der Waals surface area contributed by atoms with Crippen molar-refractivity contribution in [3.05, 3.63) is 35.4 Å². The van der Waals surface area contributed by atoms with Crippen LogP contribution in [-0.4, -0.2) is 43.4 Å². The zero-order chi connectivity index (χ0) is 14.4. The summed E-state index contributed by atoms with van der Waals surface area (Å²) in [5.74, 6) is 0.614. The van der Waals surface area contributed by atoms with Gasteiger partial charge in [0.15, 0.2) is 0 Å². The van der Waals surface area contributed by atoms with Crippen LogP contribution in [0.4, 0.5) is 0 Å². The number of likely N-dealkylation sites (tertiary alicyclic amines) is 1. The SMILES string of the molecule is CCc1ccc(C(O)CN2CCCC(COC)C2)cc1. The van der Waals surface area contributed by atoms with Gasteiger partial charge in [0.1, 0.15) is 0 Å². The lowest BCUT2D eigenvalue weighted by Crippen LogP contribution is -2.39. The molecule has 1 aliphatic rings. The minimum atomic E-state index is -0.387. The molecule has 0 amide bonds. The van der Waals surface area contributed by atoms with E-state index in [-0.39, 0.29) is 6.10 Å². The summed E-state index contributed by atoms with van der Waals surface area (Å²) in [6, 6.07) is 8.34. The Balaban J connectivity index is 1.87. The van der Waals surface area contributed by atoms with Crippen molar-refractivity contribution in [3.8, 4) is 0 Å². The molecule has 2 rings (SSSR count). The molecule has 112 valence electrons. The van der Waals surface area contributed by atoms with E-state index in [4.69, 9.17) is 4.74 Å². The first-order valence-corrected chi connectivity index (χ1v) is 7.71. The summed E-state index contributed by atoms with van der Waals surface area (Å²) < 4.78 is 5.26. The largest absolute Gasteiger partial charge is 0.387 e. The van der Waals surface area contributed by atoms with E-state index >= 15 is 0 Å². The maximum Gasteiger partial charge on any atom is 0.0916 e. The molecule has 0 bridgehead atoms. The molecule has 1 aliphatic heterocycles. The first-order valence-electron chi connectivity index (χ1n) is 7.71. The summed E-state index contributed by atoms with van der Waals surface area (Å²) in [6.07, 6.45) is 3.10. The molecule has 3 nitrogen and oxygen atoms in total. The molecular formula is C17H27NO2. The van der Waals surface area contributed by atoms with E-state index in [0.717, 1.165) is 38.2 Å². The maximum absolute atomic E-state index is 10.4. The van der Waals surface area contributed by atoms with Crippen LogP contribution in [0.3, 0.4) is 0 Å². The summed E-state index contributed by atoms with van der Waals surface area (Å²) in [5.41, 5.74) is 2.34. The zero-order valence-corrected chi connectivity index (χ0v) is 12.7. The van der Waals surface area contributed by atoms with E-state index in [1.165, 1.54) is 18.4 Å². The van der Waals surface area contributed by atoms with E-state index in [2.05, 4.69) is 36.1 Å².